The van der Waals surface area contributed by atoms with E-state index >= 15 is 0 Å². The van der Waals surface area contributed by atoms with Crippen molar-refractivity contribution in [2.45, 2.75) is 12.5 Å². The molecule has 0 fully saturated rings. The highest BCUT2D eigenvalue weighted by Gasteiger charge is 2.45. The highest BCUT2D eigenvalue weighted by atomic mass is 16.3. The molecule has 1 unspecified atom stereocenters. The molecular weight excluding hydrogens is 214 g/mol. The second-order valence-corrected chi connectivity index (χ2v) is 4.21. The third kappa shape index (κ3) is 1.14. The first-order valence-corrected chi connectivity index (χ1v) is 5.44. The first-order chi connectivity index (χ1) is 8.15. The Kier molecular flexibility index (Phi) is 1.94. The number of aliphatic hydroxyl groups is 1. The van der Waals surface area contributed by atoms with E-state index in [1.165, 1.54) is 6.92 Å². The minimum atomic E-state index is -1.54. The molecule has 0 amide bonds. The maximum atomic E-state index is 11.8. The fraction of sp³-hybridized carbons (Fsp3) is 0.143. The summed E-state index contributed by atoms with van der Waals surface area (Å²) in [5.41, 5.74) is 1.19. The van der Waals surface area contributed by atoms with Gasteiger partial charge in [0.25, 0.3) is 0 Å². The van der Waals surface area contributed by atoms with Gasteiger partial charge in [0.15, 0.2) is 11.4 Å². The monoisotopic (exact) mass is 225 g/mol. The van der Waals surface area contributed by atoms with E-state index in [0.717, 1.165) is 5.56 Å². The number of Topliss-reactive ketones (excluding diaryl/α,β-unsaturated/α-hetero) is 1. The van der Waals surface area contributed by atoms with E-state index < -0.39 is 5.60 Å². The number of benzene rings is 1. The molecule has 17 heavy (non-hydrogen) atoms. The van der Waals surface area contributed by atoms with E-state index in [4.69, 9.17) is 0 Å². The standard InChI is InChI=1S/C14H11NO2/c1-9(16)14(17)11-6-3-2-5-10(11)13-12(14)7-4-8-15-13/h2-8,17H,1H3. The van der Waals surface area contributed by atoms with E-state index in [0.29, 0.717) is 16.8 Å². The van der Waals surface area contributed by atoms with Crippen molar-refractivity contribution in [2.24, 2.45) is 0 Å². The van der Waals surface area contributed by atoms with Crippen molar-refractivity contribution in [1.82, 2.24) is 4.98 Å². The van der Waals surface area contributed by atoms with Gasteiger partial charge in [0, 0.05) is 22.9 Å². The van der Waals surface area contributed by atoms with Gasteiger partial charge >= 0.3 is 0 Å². The summed E-state index contributed by atoms with van der Waals surface area (Å²) >= 11 is 0. The molecule has 1 aromatic carbocycles. The molecule has 1 aromatic heterocycles. The Balaban J connectivity index is 2.43. The molecule has 3 rings (SSSR count). The number of pyridine rings is 1. The average molecular weight is 225 g/mol. The predicted octanol–water partition coefficient (Wildman–Crippen LogP) is 1.89. The molecule has 0 aliphatic heterocycles. The molecule has 1 atom stereocenters. The lowest BCUT2D eigenvalue weighted by atomic mass is 9.88. The first-order valence-electron chi connectivity index (χ1n) is 5.44. The highest BCUT2D eigenvalue weighted by molar-refractivity contribution is 5.97. The number of hydrogen-bond acceptors (Lipinski definition) is 3. The minimum Gasteiger partial charge on any atom is -0.373 e. The minimum absolute atomic E-state index is 0.281. The van der Waals surface area contributed by atoms with Gasteiger partial charge in [-0.1, -0.05) is 30.3 Å². The molecule has 84 valence electrons. The zero-order chi connectivity index (χ0) is 12.0. The summed E-state index contributed by atoms with van der Waals surface area (Å²) in [7, 11) is 0. The summed E-state index contributed by atoms with van der Waals surface area (Å²) in [6, 6.07) is 10.8. The van der Waals surface area contributed by atoms with Crippen molar-refractivity contribution in [1.29, 1.82) is 0 Å². The van der Waals surface area contributed by atoms with Gasteiger partial charge in [-0.2, -0.15) is 0 Å². The Morgan fingerprint density at radius 1 is 1.18 bits per heavy atom. The van der Waals surface area contributed by atoms with Crippen molar-refractivity contribution in [3.63, 3.8) is 0 Å². The number of carbonyl (C=O) groups is 1. The summed E-state index contributed by atoms with van der Waals surface area (Å²) in [5, 5.41) is 10.7. The lowest BCUT2D eigenvalue weighted by molar-refractivity contribution is -0.131. The van der Waals surface area contributed by atoms with Gasteiger partial charge < -0.3 is 5.11 Å². The van der Waals surface area contributed by atoms with Gasteiger partial charge in [-0.05, 0) is 13.0 Å². The van der Waals surface area contributed by atoms with E-state index in [1.54, 1.807) is 24.4 Å². The fourth-order valence-corrected chi connectivity index (χ4v) is 2.44. The third-order valence-corrected chi connectivity index (χ3v) is 3.28. The molecule has 1 N–H and O–H groups in total. The Bertz CT molecular complexity index is 574. The third-order valence-electron chi connectivity index (χ3n) is 3.28. The molecule has 1 heterocycles. The summed E-state index contributed by atoms with van der Waals surface area (Å²) in [5.74, 6) is -0.281. The number of hydrogen-bond donors (Lipinski definition) is 1. The van der Waals surface area contributed by atoms with Crippen LogP contribution >= 0.6 is 0 Å². The van der Waals surface area contributed by atoms with Crippen LogP contribution < -0.4 is 0 Å². The van der Waals surface area contributed by atoms with Crippen LogP contribution in [0.15, 0.2) is 42.6 Å². The van der Waals surface area contributed by atoms with Gasteiger partial charge in [0.1, 0.15) is 0 Å². The number of aromatic nitrogens is 1. The van der Waals surface area contributed by atoms with E-state index in [1.807, 2.05) is 18.2 Å². The number of ketones is 1. The average Bonchev–Trinajstić information content (AvgIpc) is 2.63. The van der Waals surface area contributed by atoms with Crippen LogP contribution in [0.4, 0.5) is 0 Å². The van der Waals surface area contributed by atoms with E-state index in [9.17, 15) is 9.90 Å². The van der Waals surface area contributed by atoms with Gasteiger partial charge in [-0.15, -0.1) is 0 Å². The van der Waals surface area contributed by atoms with Gasteiger partial charge in [0.05, 0.1) is 5.69 Å². The Labute approximate surface area is 98.8 Å². The zero-order valence-electron chi connectivity index (χ0n) is 9.34. The Morgan fingerprint density at radius 2 is 1.88 bits per heavy atom. The molecule has 3 nitrogen and oxygen atoms in total. The van der Waals surface area contributed by atoms with Crippen molar-refractivity contribution < 1.29 is 9.90 Å². The van der Waals surface area contributed by atoms with E-state index in [2.05, 4.69) is 4.98 Å². The van der Waals surface area contributed by atoms with E-state index in [-0.39, 0.29) is 5.78 Å². The number of fused-ring (bicyclic) bond motifs is 3. The van der Waals surface area contributed by atoms with Crippen LogP contribution in [0.1, 0.15) is 18.1 Å². The quantitative estimate of drug-likeness (QED) is 0.806. The fourth-order valence-electron chi connectivity index (χ4n) is 2.44. The second-order valence-electron chi connectivity index (χ2n) is 4.21. The molecule has 0 bridgehead atoms. The van der Waals surface area contributed by atoms with Crippen molar-refractivity contribution in [3.05, 3.63) is 53.7 Å². The molecule has 2 aromatic rings. The summed E-state index contributed by atoms with van der Waals surface area (Å²) in [4.78, 5) is 16.1. The maximum Gasteiger partial charge on any atom is 0.176 e. The largest absolute Gasteiger partial charge is 0.373 e. The molecule has 1 aliphatic rings. The highest BCUT2D eigenvalue weighted by Crippen LogP contribution is 2.46. The lowest BCUT2D eigenvalue weighted by Crippen LogP contribution is -2.32. The smallest absolute Gasteiger partial charge is 0.176 e. The van der Waals surface area contributed by atoms with Crippen molar-refractivity contribution in [3.8, 4) is 11.3 Å². The summed E-state index contributed by atoms with van der Waals surface area (Å²) in [6.07, 6.45) is 1.67. The topological polar surface area (TPSA) is 50.2 Å². The predicted molar refractivity (Wildman–Crippen MR) is 63.4 cm³/mol. The maximum absolute atomic E-state index is 11.8. The normalized spacial score (nSPS) is 20.8. The molecule has 0 saturated carbocycles. The second kappa shape index (κ2) is 3.25. The van der Waals surface area contributed by atoms with Gasteiger partial charge in [0.2, 0.25) is 0 Å². The Hall–Kier alpha value is -2.00. The van der Waals surface area contributed by atoms with Crippen LogP contribution in [0.25, 0.3) is 11.3 Å². The van der Waals surface area contributed by atoms with Crippen LogP contribution in [0.3, 0.4) is 0 Å². The molecular formula is C14H11NO2. The number of nitrogens with zero attached hydrogens (tertiary/aromatic N) is 1. The van der Waals surface area contributed by atoms with Gasteiger partial charge in [-0.3, -0.25) is 9.78 Å². The molecule has 0 saturated heterocycles. The Morgan fingerprint density at radius 3 is 2.65 bits per heavy atom. The first kappa shape index (κ1) is 10.2. The zero-order valence-corrected chi connectivity index (χ0v) is 9.34. The van der Waals surface area contributed by atoms with Crippen molar-refractivity contribution >= 4 is 5.78 Å². The number of rotatable bonds is 1. The lowest BCUT2D eigenvalue weighted by Gasteiger charge is -2.21. The van der Waals surface area contributed by atoms with Gasteiger partial charge in [-0.25, -0.2) is 0 Å². The van der Waals surface area contributed by atoms with Crippen LogP contribution in [0.2, 0.25) is 0 Å². The summed E-state index contributed by atoms with van der Waals surface area (Å²) in [6.45, 7) is 1.40. The van der Waals surface area contributed by atoms with Crippen LogP contribution in [0.5, 0.6) is 0 Å². The number of carbonyl (C=O) groups excluding carboxylic acids is 1. The van der Waals surface area contributed by atoms with Crippen LogP contribution in [-0.2, 0) is 10.4 Å². The molecule has 1 aliphatic carbocycles. The summed E-state index contributed by atoms with van der Waals surface area (Å²) < 4.78 is 0. The van der Waals surface area contributed by atoms with Crippen LogP contribution in [0, 0.1) is 0 Å². The molecule has 3 heteroatoms. The van der Waals surface area contributed by atoms with Crippen LogP contribution in [-0.4, -0.2) is 15.9 Å². The molecule has 0 radical (unpaired) electrons. The molecule has 0 spiro atoms. The SMILES string of the molecule is CC(=O)C1(O)c2ccccc2-c2ncccc21. The van der Waals surface area contributed by atoms with Crippen molar-refractivity contribution in [2.75, 3.05) is 0 Å².